The monoisotopic (exact) mass is 1010 g/mol. The molecule has 3 atom stereocenters. The molecule has 0 saturated heterocycles. The second-order valence-electron chi connectivity index (χ2n) is 15.2. The Morgan fingerprint density at radius 3 is 1.65 bits per heavy atom. The minimum atomic E-state index is -4.78. The Hall–Kier alpha value is -7.42. The van der Waals surface area contributed by atoms with Crippen LogP contribution in [0.1, 0.15) is 62.4 Å². The molecule has 0 radical (unpaired) electrons. The summed E-state index contributed by atoms with van der Waals surface area (Å²) in [7, 11) is -9.31. The largest absolute Gasteiger partial charge is 0.485 e. The van der Waals surface area contributed by atoms with E-state index in [1.54, 1.807) is 19.9 Å². The lowest BCUT2D eigenvalue weighted by Crippen LogP contribution is -2.34. The molecular formula is C44H42FN4O17PS2. The van der Waals surface area contributed by atoms with Gasteiger partial charge >= 0.3 is 31.5 Å². The third kappa shape index (κ3) is 15.0. The molecule has 2 amide bonds. The van der Waals surface area contributed by atoms with Crippen molar-refractivity contribution in [2.24, 2.45) is 0 Å². The van der Waals surface area contributed by atoms with Gasteiger partial charge in [0.2, 0.25) is 0 Å². The molecule has 0 fully saturated rings. The van der Waals surface area contributed by atoms with E-state index in [0.717, 1.165) is 23.5 Å². The fraction of sp³-hybridized carbons (Fsp3) is 0.250. The van der Waals surface area contributed by atoms with Gasteiger partial charge in [0, 0.05) is 28.0 Å². The number of fused-ring (bicyclic) bond motifs is 1. The second-order valence-corrected chi connectivity index (χ2v) is 20.1. The molecule has 5 rings (SSSR count). The number of carboxylic acids is 4. The third-order valence-corrected chi connectivity index (χ3v) is 13.9. The van der Waals surface area contributed by atoms with Crippen LogP contribution in [0.4, 0.5) is 4.39 Å². The summed E-state index contributed by atoms with van der Waals surface area (Å²) in [6.07, 6.45) is -4.82. The zero-order valence-corrected chi connectivity index (χ0v) is 38.8. The molecule has 3 unspecified atom stereocenters. The van der Waals surface area contributed by atoms with Crippen molar-refractivity contribution < 1.29 is 85.5 Å². The number of benzene rings is 4. The number of ether oxygens (including phenoxy) is 2. The number of thiophene rings is 1. The Morgan fingerprint density at radius 2 is 1.19 bits per heavy atom. The molecule has 364 valence electrons. The van der Waals surface area contributed by atoms with E-state index in [1.165, 1.54) is 54.6 Å². The van der Waals surface area contributed by atoms with Crippen molar-refractivity contribution in [2.75, 3.05) is 19.4 Å². The summed E-state index contributed by atoms with van der Waals surface area (Å²) < 4.78 is 73.0. The maximum Gasteiger partial charge on any atom is 0.391 e. The van der Waals surface area contributed by atoms with Gasteiger partial charge in [0.05, 0.1) is 44.3 Å². The van der Waals surface area contributed by atoms with Crippen LogP contribution >= 0.6 is 18.9 Å². The van der Waals surface area contributed by atoms with Gasteiger partial charge in [0.1, 0.15) is 40.3 Å². The molecule has 0 aliphatic carbocycles. The van der Waals surface area contributed by atoms with Crippen molar-refractivity contribution in [1.82, 2.24) is 15.4 Å². The smallest absolute Gasteiger partial charge is 0.391 e. The molecule has 1 aromatic heterocycles. The maximum absolute atomic E-state index is 14.1. The lowest BCUT2D eigenvalue weighted by atomic mass is 9.98. The van der Waals surface area contributed by atoms with Crippen molar-refractivity contribution in [3.63, 3.8) is 0 Å². The van der Waals surface area contributed by atoms with Crippen LogP contribution in [-0.4, -0.2) is 101 Å². The number of amides is 2. The first-order valence-corrected chi connectivity index (χ1v) is 24.3. The summed E-state index contributed by atoms with van der Waals surface area (Å²) in [5.74, 6) is -7.59. The number of nitrogens with zero attached hydrogens (tertiary/aromatic N) is 1. The van der Waals surface area contributed by atoms with Gasteiger partial charge in [-0.05, 0) is 90.0 Å². The topological polar surface area (TPSA) is 342 Å². The zero-order valence-electron chi connectivity index (χ0n) is 36.3. The summed E-state index contributed by atoms with van der Waals surface area (Å²) in [5.41, 5.74) is 0.409. The van der Waals surface area contributed by atoms with Crippen molar-refractivity contribution in [3.05, 3.63) is 118 Å². The number of carboxylic acid groups (broad SMARTS) is 4. The van der Waals surface area contributed by atoms with Gasteiger partial charge < -0.3 is 50.0 Å². The predicted octanol–water partition coefficient (Wildman–Crippen LogP) is 4.32. The highest BCUT2D eigenvalue weighted by molar-refractivity contribution is 7.92. The number of carbonyl (C=O) groups excluding carboxylic acids is 2. The standard InChI is InChI=1S/C44H42FN4O17PS2/c1-23(20-47-43(58)27-5-3-25(12-38(50)51)30(9-27)14-40(54)55)64-35-11-32-16-42(69(62,63)49-22-67(60,61)66-33-8-7-29(19-46)34(45)17-33)68-37(32)18-36(35)65-24(2)21-48-44(59)28-6-4-26(13-39(52)53)31(10-28)15-41(56)57/h3-11,16-18,23-24,49H,12-15,20-22H2,1-2H3,(H,47,58)(H,48,59)(H,50,51)(H,52,53)(H,54,55)(H,56,57)(H,60,61). The van der Waals surface area contributed by atoms with Gasteiger partial charge in [-0.1, -0.05) is 12.1 Å². The number of halogens is 1. The highest BCUT2D eigenvalue weighted by atomic mass is 32.2. The van der Waals surface area contributed by atoms with Gasteiger partial charge in [-0.3, -0.25) is 28.8 Å². The lowest BCUT2D eigenvalue weighted by Gasteiger charge is -2.21. The Bertz CT molecular complexity index is 2910. The van der Waals surface area contributed by atoms with E-state index in [-0.39, 0.29) is 73.1 Å². The van der Waals surface area contributed by atoms with Crippen LogP contribution < -0.4 is 29.4 Å². The number of rotatable bonds is 24. The van der Waals surface area contributed by atoms with E-state index >= 15 is 0 Å². The summed E-state index contributed by atoms with van der Waals surface area (Å²) in [6, 6.07) is 16.4. The fourth-order valence-electron chi connectivity index (χ4n) is 6.47. The molecule has 4 aromatic carbocycles. The average Bonchev–Trinajstić information content (AvgIpc) is 3.68. The summed E-state index contributed by atoms with van der Waals surface area (Å²) >= 11 is 0.727. The molecule has 0 spiro atoms. The molecule has 0 aliphatic heterocycles. The maximum atomic E-state index is 14.1. The summed E-state index contributed by atoms with van der Waals surface area (Å²) in [5, 5.41) is 51.7. The number of hydrogen-bond donors (Lipinski definition) is 8. The number of sulfonamides is 1. The Labute approximate surface area is 395 Å². The Kier molecular flexibility index (Phi) is 17.2. The van der Waals surface area contributed by atoms with E-state index < -0.39 is 109 Å². The van der Waals surface area contributed by atoms with Crippen molar-refractivity contribution in [2.45, 2.75) is 55.9 Å². The van der Waals surface area contributed by atoms with Crippen LogP contribution in [0.15, 0.2) is 77.0 Å². The van der Waals surface area contributed by atoms with Gasteiger partial charge in [-0.15, -0.1) is 11.3 Å². The van der Waals surface area contributed by atoms with E-state index in [0.29, 0.717) is 10.8 Å². The van der Waals surface area contributed by atoms with E-state index in [4.69, 9.17) is 19.3 Å². The van der Waals surface area contributed by atoms with E-state index in [1.807, 2.05) is 4.72 Å². The predicted molar refractivity (Wildman–Crippen MR) is 242 cm³/mol. The number of aliphatic carboxylic acids is 4. The summed E-state index contributed by atoms with van der Waals surface area (Å²) in [6.45, 7) is 2.82. The molecule has 0 aliphatic rings. The molecule has 1 heterocycles. The van der Waals surface area contributed by atoms with Gasteiger partial charge in [-0.25, -0.2) is 17.4 Å². The first-order chi connectivity index (χ1) is 32.4. The average molecular weight is 1010 g/mol. The first-order valence-electron chi connectivity index (χ1n) is 20.2. The van der Waals surface area contributed by atoms with Crippen LogP contribution in [-0.2, 0) is 59.4 Å². The number of carbonyl (C=O) groups is 6. The molecule has 0 bridgehead atoms. The first kappa shape index (κ1) is 52.5. The zero-order chi connectivity index (χ0) is 50.8. The Morgan fingerprint density at radius 1 is 0.710 bits per heavy atom. The van der Waals surface area contributed by atoms with Crippen LogP contribution in [0, 0.1) is 17.1 Å². The number of nitrogens with one attached hydrogen (secondary N) is 3. The van der Waals surface area contributed by atoms with Gasteiger partial charge in [-0.2, -0.15) is 9.98 Å². The fourth-order valence-corrected chi connectivity index (χ4v) is 10.4. The van der Waals surface area contributed by atoms with Crippen molar-refractivity contribution in [1.29, 1.82) is 5.26 Å². The molecule has 5 aromatic rings. The highest BCUT2D eigenvalue weighted by Gasteiger charge is 2.28. The van der Waals surface area contributed by atoms with Crippen LogP contribution in [0.3, 0.4) is 0 Å². The molecule has 69 heavy (non-hydrogen) atoms. The van der Waals surface area contributed by atoms with E-state index in [9.17, 15) is 71.5 Å². The van der Waals surface area contributed by atoms with Crippen molar-refractivity contribution in [3.8, 4) is 23.3 Å². The van der Waals surface area contributed by atoms with E-state index in [2.05, 4.69) is 10.6 Å². The SMILES string of the molecule is CC(CNC(=O)c1ccc(CC(=O)O)c(CC(=O)O)c1)Oc1cc2cc(S(=O)(=O)NCP(=O)(O)Oc3ccc(C#N)c(F)c3)sc2cc1OC(C)CNC(=O)c1ccc(CC(=O)O)c(CC(=O)O)c1. The van der Waals surface area contributed by atoms with Crippen LogP contribution in [0.2, 0.25) is 0 Å². The second kappa shape index (κ2) is 22.6. The minimum Gasteiger partial charge on any atom is -0.485 e. The molecule has 8 N–H and O–H groups in total. The number of hydrogen-bond acceptors (Lipinski definition) is 14. The molecular weight excluding hydrogens is 971 g/mol. The Balaban J connectivity index is 1.36. The normalized spacial score (nSPS) is 13.0. The summed E-state index contributed by atoms with van der Waals surface area (Å²) in [4.78, 5) is 82.3. The quantitative estimate of drug-likeness (QED) is 0.0399. The molecule has 25 heteroatoms. The minimum absolute atomic E-state index is 0.0224. The lowest BCUT2D eigenvalue weighted by molar-refractivity contribution is -0.137. The van der Waals surface area contributed by atoms with Gasteiger partial charge in [0.25, 0.3) is 21.8 Å². The highest BCUT2D eigenvalue weighted by Crippen LogP contribution is 2.43. The number of nitriles is 1. The van der Waals surface area contributed by atoms with Gasteiger partial charge in [0.15, 0.2) is 11.5 Å². The van der Waals surface area contributed by atoms with Crippen LogP contribution in [0.25, 0.3) is 10.1 Å². The van der Waals surface area contributed by atoms with Crippen LogP contribution in [0.5, 0.6) is 17.2 Å². The molecule has 21 nitrogen and oxygen atoms in total. The van der Waals surface area contributed by atoms with Crippen molar-refractivity contribution >= 4 is 74.7 Å². The molecule has 0 saturated carbocycles. The third-order valence-electron chi connectivity index (χ3n) is 9.65.